The molecule has 3 N–H and O–H groups in total. The van der Waals surface area contributed by atoms with Crippen LogP contribution in [0.2, 0.25) is 0 Å². The molecule has 0 saturated carbocycles. The lowest BCUT2D eigenvalue weighted by molar-refractivity contribution is -0.139. The van der Waals surface area contributed by atoms with Gasteiger partial charge in [0.15, 0.2) is 0 Å². The zero-order valence-electron chi connectivity index (χ0n) is 15.4. The van der Waals surface area contributed by atoms with E-state index in [4.69, 9.17) is 14.6 Å². The summed E-state index contributed by atoms with van der Waals surface area (Å²) < 4.78 is 12.1. The normalized spacial score (nSPS) is 29.3. The maximum atomic E-state index is 10.6. The molecule has 0 amide bonds. The van der Waals surface area contributed by atoms with Crippen LogP contribution in [-0.2, 0) is 20.9 Å². The number of hydrogen-bond acceptors (Lipinski definition) is 5. The second kappa shape index (κ2) is 8.97. The zero-order chi connectivity index (χ0) is 19.3. The largest absolute Gasteiger partial charge is 0.481 e. The molecule has 148 valence electrons. The molecule has 0 aromatic heterocycles. The first-order chi connectivity index (χ1) is 13.0. The Bertz CT molecular complexity index is 645. The van der Waals surface area contributed by atoms with E-state index in [2.05, 4.69) is 0 Å². The van der Waals surface area contributed by atoms with Crippen LogP contribution in [0, 0.1) is 5.92 Å². The highest BCUT2D eigenvalue weighted by Gasteiger charge is 2.51. The van der Waals surface area contributed by atoms with Crippen LogP contribution in [0.1, 0.15) is 37.7 Å². The first kappa shape index (κ1) is 20.0. The molecule has 27 heavy (non-hydrogen) atoms. The van der Waals surface area contributed by atoms with Crippen molar-refractivity contribution in [2.45, 2.75) is 62.6 Å². The van der Waals surface area contributed by atoms with Gasteiger partial charge in [0.1, 0.15) is 0 Å². The predicted molar refractivity (Wildman–Crippen MR) is 99.1 cm³/mol. The molecule has 2 fully saturated rings. The standard InChI is InChI=1S/C21H28O6/c22-17(11-18(23)12-20(24)25)6-8-21-9-7-19(27-21)10-16(21)14-26-13-15-4-2-1-3-5-15/h1-6,8,16-19,22-23H,7,9-14H2,(H,24,25)/b8-6+/t16-,17+,18+,19+,21-/m1/s1. The Balaban J connectivity index is 1.53. The molecule has 0 aliphatic carbocycles. The third kappa shape index (κ3) is 5.39. The van der Waals surface area contributed by atoms with Gasteiger partial charge in [0.2, 0.25) is 0 Å². The van der Waals surface area contributed by atoms with Crippen LogP contribution in [-0.4, -0.2) is 51.8 Å². The molecule has 2 heterocycles. The Morgan fingerprint density at radius 3 is 2.81 bits per heavy atom. The fourth-order valence-electron chi connectivity index (χ4n) is 4.08. The minimum absolute atomic E-state index is 0.00250. The summed E-state index contributed by atoms with van der Waals surface area (Å²) in [4.78, 5) is 10.6. The van der Waals surface area contributed by atoms with Crippen molar-refractivity contribution in [3.63, 3.8) is 0 Å². The summed E-state index contributed by atoms with van der Waals surface area (Å²) in [5, 5.41) is 28.5. The Morgan fingerprint density at radius 2 is 2.11 bits per heavy atom. The molecule has 6 heteroatoms. The van der Waals surface area contributed by atoms with Gasteiger partial charge in [-0.15, -0.1) is 0 Å². The van der Waals surface area contributed by atoms with Gasteiger partial charge >= 0.3 is 5.97 Å². The molecule has 2 bridgehead atoms. The van der Waals surface area contributed by atoms with Crippen LogP contribution >= 0.6 is 0 Å². The van der Waals surface area contributed by atoms with Gasteiger partial charge in [-0.25, -0.2) is 0 Å². The molecule has 1 aromatic carbocycles. The Hall–Kier alpha value is -1.73. The van der Waals surface area contributed by atoms with E-state index in [1.54, 1.807) is 6.08 Å². The lowest BCUT2D eigenvalue weighted by Gasteiger charge is -2.30. The van der Waals surface area contributed by atoms with E-state index < -0.39 is 23.8 Å². The first-order valence-corrected chi connectivity index (χ1v) is 9.53. The van der Waals surface area contributed by atoms with E-state index in [-0.39, 0.29) is 24.9 Å². The summed E-state index contributed by atoms with van der Waals surface area (Å²) >= 11 is 0. The number of carboxylic acids is 1. The van der Waals surface area contributed by atoms with Crippen molar-refractivity contribution in [2.24, 2.45) is 5.92 Å². The summed E-state index contributed by atoms with van der Waals surface area (Å²) in [5.41, 5.74) is 0.703. The molecule has 1 aromatic rings. The highest BCUT2D eigenvalue weighted by molar-refractivity contribution is 5.67. The van der Waals surface area contributed by atoms with Crippen LogP contribution in [0.15, 0.2) is 42.5 Å². The SMILES string of the molecule is O=C(O)C[C@@H](O)C[C@@H](O)/C=C/[C@@]12CC[C@@H](C[C@@H]1COCc1ccccc1)O2. The van der Waals surface area contributed by atoms with Crippen molar-refractivity contribution in [3.8, 4) is 0 Å². The lowest BCUT2D eigenvalue weighted by Crippen LogP contribution is -2.35. The number of hydrogen-bond donors (Lipinski definition) is 3. The zero-order valence-corrected chi connectivity index (χ0v) is 15.4. The number of carbonyl (C=O) groups is 1. The number of aliphatic hydroxyl groups is 2. The molecule has 5 atom stereocenters. The van der Waals surface area contributed by atoms with E-state index in [0.29, 0.717) is 13.2 Å². The lowest BCUT2D eigenvalue weighted by atomic mass is 9.78. The number of aliphatic hydroxyl groups excluding tert-OH is 2. The molecule has 6 nitrogen and oxygen atoms in total. The average Bonchev–Trinajstić information content (AvgIpc) is 3.19. The highest BCUT2D eigenvalue weighted by Crippen LogP contribution is 2.48. The van der Waals surface area contributed by atoms with Gasteiger partial charge in [-0.3, -0.25) is 4.79 Å². The topological polar surface area (TPSA) is 96.2 Å². The number of fused-ring (bicyclic) bond motifs is 2. The van der Waals surface area contributed by atoms with Gasteiger partial charge in [-0.2, -0.15) is 0 Å². The van der Waals surface area contributed by atoms with E-state index in [1.165, 1.54) is 0 Å². The quantitative estimate of drug-likeness (QED) is 0.542. The molecule has 0 spiro atoms. The number of carboxylic acid groups (broad SMARTS) is 1. The van der Waals surface area contributed by atoms with Crippen molar-refractivity contribution in [3.05, 3.63) is 48.0 Å². The van der Waals surface area contributed by atoms with Crippen LogP contribution in [0.5, 0.6) is 0 Å². The Morgan fingerprint density at radius 1 is 1.33 bits per heavy atom. The van der Waals surface area contributed by atoms with Gasteiger partial charge < -0.3 is 24.8 Å². The molecule has 3 rings (SSSR count). The van der Waals surface area contributed by atoms with Gasteiger partial charge in [0, 0.05) is 12.3 Å². The second-order valence-electron chi connectivity index (χ2n) is 7.58. The van der Waals surface area contributed by atoms with E-state index >= 15 is 0 Å². The summed E-state index contributed by atoms with van der Waals surface area (Å²) in [6.07, 6.45) is 4.24. The van der Waals surface area contributed by atoms with Gasteiger partial charge in [-0.05, 0) is 24.8 Å². The Labute approximate surface area is 159 Å². The summed E-state index contributed by atoms with van der Waals surface area (Å²) in [6, 6.07) is 10.0. The Kier molecular flexibility index (Phi) is 6.65. The van der Waals surface area contributed by atoms with Crippen molar-refractivity contribution in [1.82, 2.24) is 0 Å². The van der Waals surface area contributed by atoms with E-state index in [9.17, 15) is 15.0 Å². The van der Waals surface area contributed by atoms with Crippen molar-refractivity contribution >= 4 is 5.97 Å². The fourth-order valence-corrected chi connectivity index (χ4v) is 4.08. The molecule has 2 aliphatic heterocycles. The van der Waals surface area contributed by atoms with Crippen molar-refractivity contribution in [2.75, 3.05) is 6.61 Å². The fraction of sp³-hybridized carbons (Fsp3) is 0.571. The third-order valence-electron chi connectivity index (χ3n) is 5.44. The molecular formula is C21H28O6. The number of rotatable bonds is 10. The van der Waals surface area contributed by atoms with Gasteiger partial charge in [-0.1, -0.05) is 42.5 Å². The maximum Gasteiger partial charge on any atom is 0.305 e. The number of aliphatic carboxylic acids is 1. The molecule has 0 radical (unpaired) electrons. The third-order valence-corrected chi connectivity index (χ3v) is 5.44. The van der Waals surface area contributed by atoms with Crippen LogP contribution in [0.3, 0.4) is 0 Å². The average molecular weight is 376 g/mol. The number of ether oxygens (including phenoxy) is 2. The van der Waals surface area contributed by atoms with Gasteiger partial charge in [0.25, 0.3) is 0 Å². The van der Waals surface area contributed by atoms with Crippen LogP contribution in [0.4, 0.5) is 0 Å². The minimum Gasteiger partial charge on any atom is -0.481 e. The van der Waals surface area contributed by atoms with Crippen molar-refractivity contribution in [1.29, 1.82) is 0 Å². The predicted octanol–water partition coefficient (Wildman–Crippen LogP) is 2.28. The maximum absolute atomic E-state index is 10.6. The highest BCUT2D eigenvalue weighted by atomic mass is 16.5. The number of benzene rings is 1. The van der Waals surface area contributed by atoms with E-state index in [1.807, 2.05) is 36.4 Å². The summed E-state index contributed by atoms with van der Waals surface area (Å²) in [7, 11) is 0. The molecule has 2 saturated heterocycles. The summed E-state index contributed by atoms with van der Waals surface area (Å²) in [5.74, 6) is -0.849. The molecule has 2 aliphatic rings. The summed E-state index contributed by atoms with van der Waals surface area (Å²) in [6.45, 7) is 1.15. The molecular weight excluding hydrogens is 348 g/mol. The molecule has 0 unspecified atom stereocenters. The monoisotopic (exact) mass is 376 g/mol. The van der Waals surface area contributed by atoms with E-state index in [0.717, 1.165) is 24.8 Å². The van der Waals surface area contributed by atoms with Crippen LogP contribution in [0.25, 0.3) is 0 Å². The van der Waals surface area contributed by atoms with Crippen molar-refractivity contribution < 1.29 is 29.6 Å². The van der Waals surface area contributed by atoms with Crippen LogP contribution < -0.4 is 0 Å². The minimum atomic E-state index is -1.08. The first-order valence-electron chi connectivity index (χ1n) is 9.53. The second-order valence-corrected chi connectivity index (χ2v) is 7.58. The van der Waals surface area contributed by atoms with Gasteiger partial charge in [0.05, 0.1) is 43.5 Å². The smallest absolute Gasteiger partial charge is 0.305 e.